The van der Waals surface area contributed by atoms with E-state index in [1.807, 2.05) is 12.8 Å². The Kier molecular flexibility index (Phi) is 8.45. The summed E-state index contributed by atoms with van der Waals surface area (Å²) in [5.41, 5.74) is -6.87. The molecule has 0 radical (unpaired) electrons. The third-order valence-corrected chi connectivity index (χ3v) is 8.20. The second-order valence-electron chi connectivity index (χ2n) is 11.7. The van der Waals surface area contributed by atoms with Gasteiger partial charge in [0.25, 0.3) is 0 Å². The van der Waals surface area contributed by atoms with Crippen molar-refractivity contribution in [3.05, 3.63) is 0 Å². The quantitative estimate of drug-likeness (QED) is 0.290. The SMILES string of the molecule is CC(C)(O)CCC[C@](C)(CC#CC(O)(C(F)(F)F)C(F)(F)F)CC1CCC2[C@@H](O)CCC[C@]12C. The minimum Gasteiger partial charge on any atom is -0.393 e. The van der Waals surface area contributed by atoms with Crippen LogP contribution in [0.2, 0.25) is 0 Å². The van der Waals surface area contributed by atoms with Gasteiger partial charge in [0.15, 0.2) is 0 Å². The van der Waals surface area contributed by atoms with Crippen LogP contribution in [0.4, 0.5) is 26.3 Å². The summed E-state index contributed by atoms with van der Waals surface area (Å²) in [7, 11) is 0. The molecule has 3 nitrogen and oxygen atoms in total. The van der Waals surface area contributed by atoms with Gasteiger partial charge in [0, 0.05) is 6.42 Å². The van der Waals surface area contributed by atoms with E-state index in [0.29, 0.717) is 25.7 Å². The minimum atomic E-state index is -5.97. The summed E-state index contributed by atoms with van der Waals surface area (Å²) < 4.78 is 78.2. The predicted octanol–water partition coefficient (Wildman–Crippen LogP) is 6.15. The summed E-state index contributed by atoms with van der Waals surface area (Å²) in [6.45, 7) is 7.22. The van der Waals surface area contributed by atoms with Crippen molar-refractivity contribution in [2.75, 3.05) is 0 Å². The molecule has 0 spiro atoms. The maximum Gasteiger partial charge on any atom is 0.438 e. The molecule has 2 saturated carbocycles. The first-order valence-corrected chi connectivity index (χ1v) is 12.0. The molecule has 34 heavy (non-hydrogen) atoms. The van der Waals surface area contributed by atoms with E-state index in [1.54, 1.807) is 13.8 Å². The molecule has 0 aliphatic heterocycles. The van der Waals surface area contributed by atoms with Crippen LogP contribution in [0.1, 0.15) is 91.9 Å². The van der Waals surface area contributed by atoms with Crippen LogP contribution in [-0.4, -0.2) is 45.0 Å². The number of halogens is 6. The van der Waals surface area contributed by atoms with E-state index in [0.717, 1.165) is 38.0 Å². The van der Waals surface area contributed by atoms with Crippen molar-refractivity contribution in [1.82, 2.24) is 0 Å². The molecule has 198 valence electrons. The molecule has 2 unspecified atom stereocenters. The second kappa shape index (κ2) is 9.82. The number of aliphatic hydroxyl groups is 3. The number of aliphatic hydroxyl groups excluding tert-OH is 1. The van der Waals surface area contributed by atoms with Crippen molar-refractivity contribution < 1.29 is 41.7 Å². The Bertz CT molecular complexity index is 746. The fraction of sp³-hybridized carbons (Fsp3) is 0.920. The van der Waals surface area contributed by atoms with Gasteiger partial charge in [-0.1, -0.05) is 32.6 Å². The Morgan fingerprint density at radius 2 is 1.50 bits per heavy atom. The van der Waals surface area contributed by atoms with Gasteiger partial charge >= 0.3 is 18.0 Å². The van der Waals surface area contributed by atoms with Crippen LogP contribution in [0, 0.1) is 34.5 Å². The second-order valence-corrected chi connectivity index (χ2v) is 11.7. The molecule has 2 aliphatic rings. The number of hydrogen-bond acceptors (Lipinski definition) is 3. The highest BCUT2D eigenvalue weighted by Gasteiger charge is 2.70. The lowest BCUT2D eigenvalue weighted by Crippen LogP contribution is -2.55. The Labute approximate surface area is 198 Å². The van der Waals surface area contributed by atoms with Gasteiger partial charge in [-0.25, -0.2) is 0 Å². The molecule has 2 rings (SSSR count). The van der Waals surface area contributed by atoms with Crippen molar-refractivity contribution in [2.24, 2.45) is 22.7 Å². The first kappa shape index (κ1) is 29.3. The van der Waals surface area contributed by atoms with Gasteiger partial charge in [-0.2, -0.15) is 26.3 Å². The highest BCUT2D eigenvalue weighted by atomic mass is 19.4. The van der Waals surface area contributed by atoms with Crippen LogP contribution < -0.4 is 0 Å². The Balaban J connectivity index is 2.29. The smallest absolute Gasteiger partial charge is 0.393 e. The summed E-state index contributed by atoms with van der Waals surface area (Å²) in [6.07, 6.45) is -6.39. The van der Waals surface area contributed by atoms with Crippen LogP contribution in [0.15, 0.2) is 0 Å². The van der Waals surface area contributed by atoms with Gasteiger partial charge in [-0.15, -0.1) is 0 Å². The highest BCUT2D eigenvalue weighted by Crippen LogP contribution is 2.59. The number of alkyl halides is 6. The topological polar surface area (TPSA) is 60.7 Å². The standard InChI is InChI=1S/C25H38F6O3/c1-20(2,33)11-6-12-21(3,13-7-15-23(34,24(26,27)28)25(29,30)31)16-17-9-10-18-19(32)8-5-14-22(17,18)4/h17-19,32-34H,5-6,8-14,16H2,1-4H3/t17?,18?,19-,21+,22+/m0/s1. The van der Waals surface area contributed by atoms with Crippen LogP contribution in [0.25, 0.3) is 0 Å². The molecule has 0 aromatic carbocycles. The van der Waals surface area contributed by atoms with E-state index in [4.69, 9.17) is 0 Å². The van der Waals surface area contributed by atoms with Crippen LogP contribution in [-0.2, 0) is 0 Å². The fourth-order valence-electron chi connectivity index (χ4n) is 6.09. The van der Waals surface area contributed by atoms with Gasteiger partial charge < -0.3 is 15.3 Å². The van der Waals surface area contributed by atoms with E-state index in [2.05, 4.69) is 6.92 Å². The normalized spacial score (nSPS) is 30.3. The average molecular weight is 501 g/mol. The summed E-state index contributed by atoms with van der Waals surface area (Å²) in [5, 5.41) is 29.9. The lowest BCUT2D eigenvalue weighted by Gasteiger charge is -2.45. The Morgan fingerprint density at radius 3 is 2.03 bits per heavy atom. The first-order chi connectivity index (χ1) is 15.2. The summed E-state index contributed by atoms with van der Waals surface area (Å²) in [6, 6.07) is 0. The van der Waals surface area contributed by atoms with Gasteiger partial charge in [-0.05, 0) is 87.4 Å². The summed E-state index contributed by atoms with van der Waals surface area (Å²) in [4.78, 5) is 0. The molecule has 5 atom stereocenters. The van der Waals surface area contributed by atoms with Crippen molar-refractivity contribution in [3.63, 3.8) is 0 Å². The molecule has 2 aliphatic carbocycles. The van der Waals surface area contributed by atoms with Gasteiger partial charge in [0.05, 0.1) is 11.7 Å². The zero-order valence-electron chi connectivity index (χ0n) is 20.4. The number of fused-ring (bicyclic) bond motifs is 1. The lowest BCUT2D eigenvalue weighted by molar-refractivity contribution is -0.343. The fourth-order valence-corrected chi connectivity index (χ4v) is 6.09. The molecule has 2 fully saturated rings. The molecular weight excluding hydrogens is 462 g/mol. The van der Waals surface area contributed by atoms with Crippen LogP contribution in [0.3, 0.4) is 0 Å². The van der Waals surface area contributed by atoms with E-state index in [9.17, 15) is 41.7 Å². The van der Waals surface area contributed by atoms with E-state index in [1.165, 1.54) is 0 Å². The van der Waals surface area contributed by atoms with Gasteiger partial charge in [0.2, 0.25) is 0 Å². The maximum absolute atomic E-state index is 13.0. The molecule has 0 bridgehead atoms. The Morgan fingerprint density at radius 1 is 0.912 bits per heavy atom. The Hall–Kier alpha value is -0.980. The zero-order valence-corrected chi connectivity index (χ0v) is 20.4. The predicted molar refractivity (Wildman–Crippen MR) is 117 cm³/mol. The monoisotopic (exact) mass is 500 g/mol. The third kappa shape index (κ3) is 6.41. The zero-order chi connectivity index (χ0) is 26.2. The molecule has 0 aromatic rings. The molecule has 0 heterocycles. The van der Waals surface area contributed by atoms with Crippen LogP contribution >= 0.6 is 0 Å². The molecule has 3 N–H and O–H groups in total. The van der Waals surface area contributed by atoms with Crippen molar-refractivity contribution in [1.29, 1.82) is 0 Å². The first-order valence-electron chi connectivity index (χ1n) is 12.0. The maximum atomic E-state index is 13.0. The molecule has 0 aromatic heterocycles. The van der Waals surface area contributed by atoms with E-state index >= 15 is 0 Å². The summed E-state index contributed by atoms with van der Waals surface area (Å²) in [5.74, 6) is 3.44. The summed E-state index contributed by atoms with van der Waals surface area (Å²) >= 11 is 0. The number of rotatable bonds is 7. The number of hydrogen-bond donors (Lipinski definition) is 3. The minimum absolute atomic E-state index is 0.138. The molecule has 9 heteroatoms. The van der Waals surface area contributed by atoms with Crippen molar-refractivity contribution in [2.45, 2.75) is 122 Å². The van der Waals surface area contributed by atoms with Crippen LogP contribution in [0.5, 0.6) is 0 Å². The van der Waals surface area contributed by atoms with Gasteiger partial charge in [0.1, 0.15) is 0 Å². The van der Waals surface area contributed by atoms with Crippen molar-refractivity contribution >= 4 is 0 Å². The largest absolute Gasteiger partial charge is 0.438 e. The van der Waals surface area contributed by atoms with Crippen molar-refractivity contribution in [3.8, 4) is 11.8 Å². The molecule has 0 amide bonds. The third-order valence-electron chi connectivity index (χ3n) is 8.20. The van der Waals surface area contributed by atoms with E-state index < -0.39 is 35.1 Å². The average Bonchev–Trinajstić information content (AvgIpc) is 2.96. The van der Waals surface area contributed by atoms with Gasteiger partial charge in [-0.3, -0.25) is 0 Å². The molecule has 0 saturated heterocycles. The highest BCUT2D eigenvalue weighted by molar-refractivity contribution is 5.21. The van der Waals surface area contributed by atoms with E-state index in [-0.39, 0.29) is 23.7 Å². The lowest BCUT2D eigenvalue weighted by atomic mass is 9.60. The molecular formula is C25H38F6O3.